The zero-order chi connectivity index (χ0) is 14.6. The van der Waals surface area contributed by atoms with Gasteiger partial charge in [0.2, 0.25) is 5.91 Å². The Morgan fingerprint density at radius 3 is 2.47 bits per heavy atom. The fourth-order valence-electron chi connectivity index (χ4n) is 0.975. The van der Waals surface area contributed by atoms with Gasteiger partial charge >= 0.3 is 7.60 Å². The number of pyridine rings is 1. The number of nitrogen functional groups attached to an aromatic ring is 1. The Bertz CT molecular complexity index is 535. The summed E-state index contributed by atoms with van der Waals surface area (Å²) in [6.07, 6.45) is -0.506. The van der Waals surface area contributed by atoms with Crippen LogP contribution in [0.3, 0.4) is 0 Å². The fourth-order valence-corrected chi connectivity index (χ4v) is 4.01. The maximum absolute atomic E-state index is 11.7. The van der Waals surface area contributed by atoms with E-state index in [9.17, 15) is 9.36 Å². The van der Waals surface area contributed by atoms with Crippen molar-refractivity contribution in [2.24, 2.45) is 0 Å². The van der Waals surface area contributed by atoms with Gasteiger partial charge in [0, 0.05) is 0 Å². The molecule has 1 heterocycles. The Morgan fingerprint density at radius 1 is 1.37 bits per heavy atom. The third kappa shape index (κ3) is 5.07. The summed E-state index contributed by atoms with van der Waals surface area (Å²) in [6.45, 7) is 0. The van der Waals surface area contributed by atoms with E-state index in [1.807, 2.05) is 0 Å². The summed E-state index contributed by atoms with van der Waals surface area (Å²) in [6, 6.07) is 1.62. The lowest BCUT2D eigenvalue weighted by molar-refractivity contribution is -0.114. The van der Waals surface area contributed by atoms with E-state index in [1.54, 1.807) is 6.07 Å². The van der Waals surface area contributed by atoms with Crippen LogP contribution in [-0.2, 0) is 16.6 Å². The number of hydrogen-bond acceptors (Lipinski definition) is 6. The van der Waals surface area contributed by atoms with E-state index in [2.05, 4.69) is 81.9 Å². The van der Waals surface area contributed by atoms with Crippen LogP contribution in [0.4, 0.5) is 11.6 Å². The molecule has 19 heavy (non-hydrogen) atoms. The molecular weight excluding hydrogens is 541 g/mol. The monoisotopic (exact) mass is 543 g/mol. The lowest BCUT2D eigenvalue weighted by Crippen LogP contribution is -2.18. The minimum atomic E-state index is -3.57. The highest BCUT2D eigenvalue weighted by Crippen LogP contribution is 2.51. The number of rotatable bonds is 5. The smallest absolute Gasteiger partial charge is 0.361 e. The van der Waals surface area contributed by atoms with E-state index < -0.39 is 19.7 Å². The zero-order valence-electron chi connectivity index (χ0n) is 8.90. The van der Waals surface area contributed by atoms with Gasteiger partial charge in [0.25, 0.3) is 0 Å². The molecule has 3 N–H and O–H groups in total. The summed E-state index contributed by atoms with van der Waals surface area (Å²) in [5.74, 6) is -0.214. The van der Waals surface area contributed by atoms with Gasteiger partial charge in [0.05, 0.1) is 8.95 Å². The van der Waals surface area contributed by atoms with E-state index in [0.29, 0.717) is 8.95 Å². The Morgan fingerprint density at radius 2 is 1.95 bits per heavy atom. The third-order valence-electron chi connectivity index (χ3n) is 1.76. The Balaban J connectivity index is 2.83. The molecule has 0 spiro atoms. The van der Waals surface area contributed by atoms with E-state index in [1.165, 1.54) is 0 Å². The van der Waals surface area contributed by atoms with Crippen LogP contribution in [0.25, 0.3) is 0 Å². The third-order valence-corrected chi connectivity index (χ3v) is 6.74. The largest absolute Gasteiger partial charge is 0.383 e. The van der Waals surface area contributed by atoms with Crippen molar-refractivity contribution in [1.82, 2.24) is 4.98 Å². The number of aromatic nitrogens is 1. The maximum Gasteiger partial charge on any atom is 0.361 e. The first-order chi connectivity index (χ1) is 8.81. The first-order valence-electron chi connectivity index (χ1n) is 4.42. The molecule has 0 fully saturated rings. The van der Waals surface area contributed by atoms with E-state index in [4.69, 9.17) is 5.73 Å². The zero-order valence-corrected chi connectivity index (χ0v) is 16.1. The average molecular weight is 547 g/mol. The summed E-state index contributed by atoms with van der Waals surface area (Å²) in [4.78, 5) is 15.6. The molecule has 0 unspecified atom stereocenters. The highest BCUT2D eigenvalue weighted by molar-refractivity contribution is 9.11. The molecule has 0 aliphatic heterocycles. The molecule has 12 heteroatoms. The van der Waals surface area contributed by atoms with Gasteiger partial charge in [-0.1, -0.05) is 0 Å². The quantitative estimate of drug-likeness (QED) is 0.542. The molecule has 106 valence electrons. The van der Waals surface area contributed by atoms with Crippen LogP contribution in [0, 0.1) is 0 Å². The molecule has 1 amide bonds. The number of carbonyl (C=O) groups is 1. The molecular formula is C7H6Br4N3O4P. The maximum atomic E-state index is 11.7. The van der Waals surface area contributed by atoms with Gasteiger partial charge in [0.1, 0.15) is 50.3 Å². The number of anilines is 2. The number of hydrogen-bond donors (Lipinski definition) is 2. The van der Waals surface area contributed by atoms with Crippen molar-refractivity contribution >= 4 is 89.5 Å². The standard InChI is InChI=1S/C7H6Br4N3O4P/c8-3-1-4(9)7(14-6(3)12)13-5(15)2-19(16,17-10)18-11/h1H,2H2,(H3,12,13,14,15). The Kier molecular flexibility index (Phi) is 6.91. The first kappa shape index (κ1) is 17.5. The summed E-state index contributed by atoms with van der Waals surface area (Å²) < 4.78 is 21.7. The van der Waals surface area contributed by atoms with Gasteiger partial charge in [-0.3, -0.25) is 9.36 Å². The topological polar surface area (TPSA) is 104 Å². The van der Waals surface area contributed by atoms with Gasteiger partial charge in [-0.15, -0.1) is 0 Å². The molecule has 1 aromatic rings. The van der Waals surface area contributed by atoms with Crippen LogP contribution in [0.5, 0.6) is 0 Å². The van der Waals surface area contributed by atoms with Crippen molar-refractivity contribution in [2.45, 2.75) is 0 Å². The normalized spacial score (nSPS) is 11.4. The predicted octanol–water partition coefficient (Wildman–Crippen LogP) is 3.97. The highest BCUT2D eigenvalue weighted by atomic mass is 79.9. The fraction of sp³-hybridized carbons (Fsp3) is 0.143. The molecule has 0 radical (unpaired) electrons. The summed E-state index contributed by atoms with van der Waals surface area (Å²) in [5.41, 5.74) is 5.60. The van der Waals surface area contributed by atoms with Gasteiger partial charge in [0.15, 0.2) is 0 Å². The molecule has 0 aliphatic carbocycles. The van der Waals surface area contributed by atoms with Crippen molar-refractivity contribution in [1.29, 1.82) is 0 Å². The Labute approximate surface area is 142 Å². The van der Waals surface area contributed by atoms with Crippen LogP contribution < -0.4 is 11.1 Å². The van der Waals surface area contributed by atoms with Gasteiger partial charge in [-0.2, -0.15) is 0 Å². The summed E-state index contributed by atoms with van der Waals surface area (Å²) >= 11 is 11.5. The summed E-state index contributed by atoms with van der Waals surface area (Å²) in [7, 11) is -3.57. The van der Waals surface area contributed by atoms with E-state index in [0.717, 1.165) is 0 Å². The number of carbonyl (C=O) groups excluding carboxylic acids is 1. The van der Waals surface area contributed by atoms with Crippen molar-refractivity contribution in [3.8, 4) is 0 Å². The van der Waals surface area contributed by atoms with E-state index >= 15 is 0 Å². The SMILES string of the molecule is Nc1nc(NC(=O)CP(=O)(OBr)OBr)c(Br)cc1Br. The molecule has 0 saturated heterocycles. The van der Waals surface area contributed by atoms with Crippen molar-refractivity contribution < 1.29 is 16.6 Å². The second-order valence-electron chi connectivity index (χ2n) is 3.14. The predicted molar refractivity (Wildman–Crippen MR) is 85.2 cm³/mol. The molecule has 7 nitrogen and oxygen atoms in total. The number of nitrogens with two attached hydrogens (primary N) is 1. The highest BCUT2D eigenvalue weighted by Gasteiger charge is 2.28. The van der Waals surface area contributed by atoms with E-state index in [-0.39, 0.29) is 11.6 Å². The van der Waals surface area contributed by atoms with Gasteiger partial charge < -0.3 is 11.1 Å². The van der Waals surface area contributed by atoms with Crippen LogP contribution >= 0.6 is 72.0 Å². The minimum absolute atomic E-state index is 0.196. The summed E-state index contributed by atoms with van der Waals surface area (Å²) in [5, 5.41) is 2.43. The molecule has 0 bridgehead atoms. The molecule has 0 aromatic carbocycles. The molecule has 1 aromatic heterocycles. The molecule has 0 atom stereocenters. The van der Waals surface area contributed by atoms with Gasteiger partial charge in [-0.05, 0) is 37.9 Å². The number of nitrogens with zero attached hydrogens (tertiary/aromatic N) is 1. The average Bonchev–Trinajstić information content (AvgIpc) is 2.35. The van der Waals surface area contributed by atoms with Crippen LogP contribution in [0.2, 0.25) is 0 Å². The molecule has 0 aliphatic rings. The molecule has 0 saturated carbocycles. The number of nitrogens with one attached hydrogen (secondary N) is 1. The van der Waals surface area contributed by atoms with Crippen molar-refractivity contribution in [2.75, 3.05) is 17.2 Å². The van der Waals surface area contributed by atoms with Crippen LogP contribution in [0.1, 0.15) is 0 Å². The first-order valence-corrected chi connectivity index (χ1v) is 9.03. The van der Waals surface area contributed by atoms with Crippen molar-refractivity contribution in [3.05, 3.63) is 15.0 Å². The lowest BCUT2D eigenvalue weighted by Gasteiger charge is -2.11. The van der Waals surface area contributed by atoms with Crippen LogP contribution in [-0.4, -0.2) is 17.1 Å². The van der Waals surface area contributed by atoms with Gasteiger partial charge in [-0.25, -0.2) is 12.2 Å². The lowest BCUT2D eigenvalue weighted by atomic mass is 10.4. The number of amides is 1. The number of halogens is 4. The minimum Gasteiger partial charge on any atom is -0.383 e. The second kappa shape index (κ2) is 7.48. The Hall–Kier alpha value is 0.490. The van der Waals surface area contributed by atoms with Crippen LogP contribution in [0.15, 0.2) is 15.0 Å². The van der Waals surface area contributed by atoms with Crippen molar-refractivity contribution in [3.63, 3.8) is 0 Å². The molecule has 1 rings (SSSR count). The second-order valence-corrected chi connectivity index (χ2v) is 8.40.